The highest BCUT2D eigenvalue weighted by molar-refractivity contribution is 7.10. The molecule has 14 heavy (non-hydrogen) atoms. The molecule has 5 nitrogen and oxygen atoms in total. The maximum Gasteiger partial charge on any atom is 0.259 e. The molecule has 6 heteroatoms. The third-order valence-electron chi connectivity index (χ3n) is 1.70. The molecule has 72 valence electrons. The average Bonchev–Trinajstić information content (AvgIpc) is 2.75. The van der Waals surface area contributed by atoms with E-state index in [0.717, 1.165) is 11.5 Å². The molecule has 0 spiro atoms. The van der Waals surface area contributed by atoms with Crippen LogP contribution >= 0.6 is 11.5 Å². The van der Waals surface area contributed by atoms with Gasteiger partial charge in [0.25, 0.3) is 5.91 Å². The summed E-state index contributed by atoms with van der Waals surface area (Å²) < 4.78 is 8.65. The number of hydrogen-bond acceptors (Lipinski definition) is 5. The van der Waals surface area contributed by atoms with Crippen LogP contribution in [0.4, 0.5) is 5.00 Å². The molecule has 2 heterocycles. The highest BCUT2D eigenvalue weighted by atomic mass is 32.1. The predicted octanol–water partition coefficient (Wildman–Crippen LogP) is 1.69. The van der Waals surface area contributed by atoms with Crippen molar-refractivity contribution in [3.8, 4) is 0 Å². The lowest BCUT2D eigenvalue weighted by Gasteiger charge is -1.98. The summed E-state index contributed by atoms with van der Waals surface area (Å²) in [6, 6.07) is 1.62. The van der Waals surface area contributed by atoms with Crippen LogP contribution in [0.25, 0.3) is 0 Å². The van der Waals surface area contributed by atoms with Crippen LogP contribution < -0.4 is 5.32 Å². The number of carbonyl (C=O) groups is 1. The van der Waals surface area contributed by atoms with Crippen molar-refractivity contribution in [2.75, 3.05) is 5.32 Å². The van der Waals surface area contributed by atoms with Crippen molar-refractivity contribution in [2.24, 2.45) is 0 Å². The van der Waals surface area contributed by atoms with Crippen LogP contribution in [-0.4, -0.2) is 15.5 Å². The zero-order chi connectivity index (χ0) is 9.97. The maximum atomic E-state index is 11.6. The van der Waals surface area contributed by atoms with Crippen LogP contribution in [0.5, 0.6) is 0 Å². The summed E-state index contributed by atoms with van der Waals surface area (Å²) in [6.45, 7) is 1.74. The molecule has 0 atom stereocenters. The van der Waals surface area contributed by atoms with Gasteiger partial charge in [-0.3, -0.25) is 4.79 Å². The highest BCUT2D eigenvalue weighted by Crippen LogP contribution is 2.14. The summed E-state index contributed by atoms with van der Waals surface area (Å²) in [5.41, 5.74) is 0.526. The molecule has 0 radical (unpaired) electrons. The van der Waals surface area contributed by atoms with E-state index in [-0.39, 0.29) is 5.91 Å². The Morgan fingerprint density at radius 3 is 3.07 bits per heavy atom. The van der Waals surface area contributed by atoms with Gasteiger partial charge in [-0.15, -0.1) is 5.10 Å². The second-order valence-electron chi connectivity index (χ2n) is 2.63. The molecular formula is C8H7N3O2S. The Morgan fingerprint density at radius 1 is 1.64 bits per heavy atom. The monoisotopic (exact) mass is 209 g/mol. The molecule has 0 saturated heterocycles. The van der Waals surface area contributed by atoms with Crippen molar-refractivity contribution >= 4 is 22.4 Å². The van der Waals surface area contributed by atoms with Crippen LogP contribution in [0.1, 0.15) is 16.1 Å². The Hall–Kier alpha value is -1.69. The molecule has 2 rings (SSSR count). The normalized spacial score (nSPS) is 10.1. The maximum absolute atomic E-state index is 11.6. The van der Waals surface area contributed by atoms with Crippen LogP contribution in [0.3, 0.4) is 0 Å². The lowest BCUT2D eigenvalue weighted by molar-refractivity contribution is 0.102. The van der Waals surface area contributed by atoms with Gasteiger partial charge >= 0.3 is 0 Å². The quantitative estimate of drug-likeness (QED) is 0.817. The second-order valence-corrected chi connectivity index (χ2v) is 3.41. The van der Waals surface area contributed by atoms with E-state index in [1.165, 1.54) is 12.5 Å². The fourth-order valence-corrected chi connectivity index (χ4v) is 1.44. The Morgan fingerprint density at radius 2 is 2.50 bits per heavy atom. The van der Waals surface area contributed by atoms with Crippen LogP contribution in [-0.2, 0) is 0 Å². The first kappa shape index (κ1) is 8.89. The van der Waals surface area contributed by atoms with Gasteiger partial charge in [0.05, 0.1) is 18.0 Å². The molecule has 0 aliphatic carbocycles. The van der Waals surface area contributed by atoms with Gasteiger partial charge < -0.3 is 9.73 Å². The third-order valence-corrected chi connectivity index (χ3v) is 2.28. The van der Waals surface area contributed by atoms with Gasteiger partial charge in [0.2, 0.25) is 0 Å². The largest absolute Gasteiger partial charge is 0.469 e. The number of aromatic nitrogens is 2. The number of amides is 1. The molecule has 0 saturated carbocycles. The van der Waals surface area contributed by atoms with Crippen LogP contribution in [0.2, 0.25) is 0 Å². The molecule has 0 aliphatic heterocycles. The Labute approximate surface area is 83.9 Å². The van der Waals surface area contributed by atoms with Crippen LogP contribution in [0.15, 0.2) is 22.9 Å². The first-order valence-electron chi connectivity index (χ1n) is 3.90. The van der Waals surface area contributed by atoms with E-state index in [1.54, 1.807) is 13.0 Å². The van der Waals surface area contributed by atoms with Crippen molar-refractivity contribution in [3.63, 3.8) is 0 Å². The molecule has 2 aromatic heterocycles. The Kier molecular flexibility index (Phi) is 2.28. The minimum Gasteiger partial charge on any atom is -0.469 e. The van der Waals surface area contributed by atoms with Gasteiger partial charge in [0.1, 0.15) is 10.8 Å². The summed E-state index contributed by atoms with van der Waals surface area (Å²) >= 11 is 1.13. The van der Waals surface area contributed by atoms with Gasteiger partial charge in [-0.05, 0) is 13.0 Å². The minimum absolute atomic E-state index is 0.206. The summed E-state index contributed by atoms with van der Waals surface area (Å²) in [4.78, 5) is 11.6. The van der Waals surface area contributed by atoms with Crippen LogP contribution in [0, 0.1) is 6.92 Å². The molecule has 1 amide bonds. The number of hydrogen-bond donors (Lipinski definition) is 1. The summed E-state index contributed by atoms with van der Waals surface area (Å²) in [5, 5.41) is 6.89. The topological polar surface area (TPSA) is 68.0 Å². The molecular weight excluding hydrogens is 202 g/mol. The second kappa shape index (κ2) is 3.59. The van der Waals surface area contributed by atoms with Gasteiger partial charge in [-0.2, -0.15) is 0 Å². The summed E-state index contributed by atoms with van der Waals surface area (Å²) in [5.74, 6) is 0.391. The molecule has 1 N–H and O–H groups in total. The SMILES string of the molecule is Cc1occc1C(=O)Nc1cnns1. The third kappa shape index (κ3) is 1.64. The molecule has 0 fully saturated rings. The molecule has 2 aromatic rings. The number of anilines is 1. The first-order chi connectivity index (χ1) is 6.77. The zero-order valence-corrected chi connectivity index (χ0v) is 8.17. The van der Waals surface area contributed by atoms with Gasteiger partial charge in [0.15, 0.2) is 0 Å². The zero-order valence-electron chi connectivity index (χ0n) is 7.35. The van der Waals surface area contributed by atoms with E-state index in [0.29, 0.717) is 16.3 Å². The average molecular weight is 209 g/mol. The van der Waals surface area contributed by atoms with Crippen molar-refractivity contribution in [2.45, 2.75) is 6.92 Å². The van der Waals surface area contributed by atoms with E-state index < -0.39 is 0 Å². The predicted molar refractivity (Wildman–Crippen MR) is 51.3 cm³/mol. The van der Waals surface area contributed by atoms with E-state index >= 15 is 0 Å². The molecule has 0 unspecified atom stereocenters. The lowest BCUT2D eigenvalue weighted by Crippen LogP contribution is -2.10. The molecule has 0 bridgehead atoms. The Bertz CT molecular complexity index is 435. The van der Waals surface area contributed by atoms with Gasteiger partial charge in [-0.1, -0.05) is 4.49 Å². The first-order valence-corrected chi connectivity index (χ1v) is 4.67. The van der Waals surface area contributed by atoms with Crippen molar-refractivity contribution in [1.82, 2.24) is 9.59 Å². The number of aryl methyl sites for hydroxylation is 1. The highest BCUT2D eigenvalue weighted by Gasteiger charge is 2.11. The fourth-order valence-electron chi connectivity index (χ4n) is 1.02. The Balaban J connectivity index is 2.14. The number of nitrogens with one attached hydrogen (secondary N) is 1. The van der Waals surface area contributed by atoms with E-state index in [2.05, 4.69) is 14.9 Å². The van der Waals surface area contributed by atoms with E-state index in [9.17, 15) is 4.79 Å². The van der Waals surface area contributed by atoms with Crippen molar-refractivity contribution in [1.29, 1.82) is 0 Å². The molecule has 0 aliphatic rings. The number of nitrogens with zero attached hydrogens (tertiary/aromatic N) is 2. The number of rotatable bonds is 2. The fraction of sp³-hybridized carbons (Fsp3) is 0.125. The smallest absolute Gasteiger partial charge is 0.259 e. The van der Waals surface area contributed by atoms with E-state index in [1.807, 2.05) is 0 Å². The standard InChI is InChI=1S/C8H7N3O2S/c1-5-6(2-3-13-5)8(12)10-7-4-9-11-14-7/h2-4H,1H3,(H,10,12). The number of furan rings is 1. The van der Waals surface area contributed by atoms with Gasteiger partial charge in [-0.25, -0.2) is 0 Å². The summed E-state index contributed by atoms with van der Waals surface area (Å²) in [6.07, 6.45) is 2.98. The minimum atomic E-state index is -0.206. The number of carbonyl (C=O) groups excluding carboxylic acids is 1. The van der Waals surface area contributed by atoms with Crippen molar-refractivity contribution < 1.29 is 9.21 Å². The van der Waals surface area contributed by atoms with Crippen molar-refractivity contribution in [3.05, 3.63) is 29.9 Å². The van der Waals surface area contributed by atoms with E-state index in [4.69, 9.17) is 4.42 Å². The lowest BCUT2D eigenvalue weighted by atomic mass is 10.2. The summed E-state index contributed by atoms with van der Waals surface area (Å²) in [7, 11) is 0. The molecule has 0 aromatic carbocycles. The van der Waals surface area contributed by atoms with Gasteiger partial charge in [0, 0.05) is 11.5 Å².